The number of quaternary nitrogens is 2. The van der Waals surface area contributed by atoms with Gasteiger partial charge in [0.25, 0.3) is 0 Å². The van der Waals surface area contributed by atoms with E-state index in [0.717, 1.165) is 0 Å². The minimum absolute atomic E-state index is 0. The molecule has 0 aromatic carbocycles. The van der Waals surface area contributed by atoms with E-state index in [0.29, 0.717) is 0 Å². The molecular formula is CH8N2NiO3. The van der Waals surface area contributed by atoms with Crippen LogP contribution in [-0.4, -0.2) is 6.16 Å². The van der Waals surface area contributed by atoms with Gasteiger partial charge < -0.3 is 27.3 Å². The second-order valence-electron chi connectivity index (χ2n) is 0.250. The van der Waals surface area contributed by atoms with Crippen molar-refractivity contribution >= 4 is 6.16 Å². The van der Waals surface area contributed by atoms with Crippen molar-refractivity contribution in [3.05, 3.63) is 0 Å². The monoisotopic (exact) mass is 154 g/mol. The molecule has 0 saturated heterocycles. The molecule has 0 amide bonds. The van der Waals surface area contributed by atoms with Gasteiger partial charge in [0.15, 0.2) is 0 Å². The zero-order chi connectivity index (χ0) is 3.58. The molecule has 0 aliphatic rings. The number of hydrogen-bond donors (Lipinski definition) is 2. The summed E-state index contributed by atoms with van der Waals surface area (Å²) in [5, 5.41) is 16.7. The second kappa shape index (κ2) is 17.3. The Morgan fingerprint density at radius 3 is 1.14 bits per heavy atom. The molecule has 8 N–H and O–H groups in total. The SMILES string of the molecule is O=C([O-])[O-].[NH4+].[NH4+].[Ni]. The zero-order valence-electron chi connectivity index (χ0n) is 4.04. The molecule has 6 heteroatoms. The summed E-state index contributed by atoms with van der Waals surface area (Å²) in [4.78, 5) is 8.33. The van der Waals surface area contributed by atoms with E-state index in [1.54, 1.807) is 0 Å². The molecule has 0 saturated carbocycles. The summed E-state index contributed by atoms with van der Waals surface area (Å²) in [7, 11) is 0. The van der Waals surface area contributed by atoms with Crippen molar-refractivity contribution in [3.8, 4) is 0 Å². The summed E-state index contributed by atoms with van der Waals surface area (Å²) in [5.41, 5.74) is 0. The first-order valence-electron chi connectivity index (χ1n) is 0.612. The summed E-state index contributed by atoms with van der Waals surface area (Å²) in [6.45, 7) is 0. The Morgan fingerprint density at radius 1 is 1.14 bits per heavy atom. The molecule has 0 unspecified atom stereocenters. The van der Waals surface area contributed by atoms with E-state index in [-0.39, 0.29) is 28.8 Å². The molecule has 0 spiro atoms. The maximum Gasteiger partial charge on any atom is 0 e. The topological polar surface area (TPSA) is 136 Å². The van der Waals surface area contributed by atoms with Crippen LogP contribution >= 0.6 is 0 Å². The summed E-state index contributed by atoms with van der Waals surface area (Å²) < 4.78 is 0. The van der Waals surface area contributed by atoms with Gasteiger partial charge in [-0.15, -0.1) is 0 Å². The van der Waals surface area contributed by atoms with Crippen molar-refractivity contribution in [2.45, 2.75) is 0 Å². The molecular weight excluding hydrogens is 147 g/mol. The van der Waals surface area contributed by atoms with E-state index in [1.807, 2.05) is 0 Å². The van der Waals surface area contributed by atoms with Crippen LogP contribution in [0.15, 0.2) is 0 Å². The van der Waals surface area contributed by atoms with Gasteiger partial charge in [-0.25, -0.2) is 0 Å². The van der Waals surface area contributed by atoms with Crippen LogP contribution in [0.4, 0.5) is 4.79 Å². The molecule has 7 heavy (non-hydrogen) atoms. The minimum atomic E-state index is -2.33. The number of carboxylic acid groups (broad SMARTS) is 2. The third-order valence-electron chi connectivity index (χ3n) is 0. The Balaban J connectivity index is -0.0000000150. The van der Waals surface area contributed by atoms with E-state index in [1.165, 1.54) is 0 Å². The van der Waals surface area contributed by atoms with E-state index < -0.39 is 6.16 Å². The van der Waals surface area contributed by atoms with Crippen molar-refractivity contribution in [1.29, 1.82) is 0 Å². The van der Waals surface area contributed by atoms with Crippen molar-refractivity contribution in [3.63, 3.8) is 0 Å². The molecule has 5 nitrogen and oxygen atoms in total. The van der Waals surface area contributed by atoms with Crippen molar-refractivity contribution < 1.29 is 31.5 Å². The van der Waals surface area contributed by atoms with Gasteiger partial charge in [-0.3, -0.25) is 0 Å². The maximum atomic E-state index is 8.33. The van der Waals surface area contributed by atoms with Crippen LogP contribution in [0.1, 0.15) is 0 Å². The summed E-state index contributed by atoms with van der Waals surface area (Å²) >= 11 is 0. The van der Waals surface area contributed by atoms with Crippen LogP contribution in [0.3, 0.4) is 0 Å². The molecule has 0 aromatic rings. The first-order valence-corrected chi connectivity index (χ1v) is 0.612. The first-order chi connectivity index (χ1) is 1.73. The predicted molar refractivity (Wildman–Crippen MR) is 17.4 cm³/mol. The third-order valence-corrected chi connectivity index (χ3v) is 0. The molecule has 0 rings (SSSR count). The number of hydrogen-bond acceptors (Lipinski definition) is 3. The van der Waals surface area contributed by atoms with E-state index in [9.17, 15) is 0 Å². The molecule has 0 fully saturated rings. The molecule has 0 bridgehead atoms. The Hall–Kier alpha value is -0.316. The minimum Gasteiger partial charge on any atom is -0.652 e. The fourth-order valence-electron chi connectivity index (χ4n) is 0. The number of carbonyl (C=O) groups is 1. The van der Waals surface area contributed by atoms with Crippen LogP contribution in [0, 0.1) is 0 Å². The van der Waals surface area contributed by atoms with Crippen LogP contribution in [0.5, 0.6) is 0 Å². The van der Waals surface area contributed by atoms with Crippen LogP contribution in [0.25, 0.3) is 0 Å². The standard InChI is InChI=1S/CH2O3.2H3N.Ni/c2-1(3)4;;;/h(H2,2,3,4);2*1H3;. The Bertz CT molecular complexity index is 35.9. The zero-order valence-corrected chi connectivity index (χ0v) is 5.03. The average Bonchev–Trinajstić information content (AvgIpc) is 0.811. The number of rotatable bonds is 0. The molecule has 50 valence electrons. The summed E-state index contributed by atoms with van der Waals surface area (Å²) in [5.74, 6) is 0. The van der Waals surface area contributed by atoms with Crippen molar-refractivity contribution in [2.24, 2.45) is 0 Å². The van der Waals surface area contributed by atoms with Gasteiger partial charge in [0.1, 0.15) is 0 Å². The fraction of sp³-hybridized carbons (Fsp3) is 0. The van der Waals surface area contributed by atoms with Gasteiger partial charge in [-0.1, -0.05) is 0 Å². The smallest absolute Gasteiger partial charge is 0 e. The van der Waals surface area contributed by atoms with Gasteiger partial charge in [-0.2, -0.15) is 0 Å². The molecule has 0 aromatic heterocycles. The maximum absolute atomic E-state index is 8.33. The van der Waals surface area contributed by atoms with Gasteiger partial charge in [0.2, 0.25) is 0 Å². The van der Waals surface area contributed by atoms with Crippen LogP contribution in [0.2, 0.25) is 0 Å². The van der Waals surface area contributed by atoms with Crippen LogP contribution < -0.4 is 22.5 Å². The van der Waals surface area contributed by atoms with Crippen molar-refractivity contribution in [1.82, 2.24) is 12.3 Å². The van der Waals surface area contributed by atoms with Gasteiger partial charge in [0, 0.05) is 16.5 Å². The first kappa shape index (κ1) is 30.0. The molecule has 0 aliphatic heterocycles. The largest absolute Gasteiger partial charge is 0.652 e. The average molecular weight is 155 g/mol. The normalized spacial score (nSPS) is 3.43. The Kier molecular flexibility index (Phi) is 74.1. The van der Waals surface area contributed by atoms with Gasteiger partial charge >= 0.3 is 0 Å². The molecule has 0 heterocycles. The summed E-state index contributed by atoms with van der Waals surface area (Å²) in [6, 6.07) is 0. The second-order valence-corrected chi connectivity index (χ2v) is 0.250. The predicted octanol–water partition coefficient (Wildman–Crippen LogP) is -1.70. The van der Waals surface area contributed by atoms with E-state index >= 15 is 0 Å². The van der Waals surface area contributed by atoms with Crippen LogP contribution in [-0.2, 0) is 16.5 Å². The van der Waals surface area contributed by atoms with E-state index in [2.05, 4.69) is 0 Å². The van der Waals surface area contributed by atoms with Crippen molar-refractivity contribution in [2.75, 3.05) is 0 Å². The molecule has 0 atom stereocenters. The Morgan fingerprint density at radius 2 is 1.14 bits per heavy atom. The third kappa shape index (κ3) is 770. The van der Waals surface area contributed by atoms with Gasteiger partial charge in [0.05, 0.1) is 0 Å². The molecule has 0 radical (unpaired) electrons. The fourth-order valence-corrected chi connectivity index (χ4v) is 0. The summed E-state index contributed by atoms with van der Waals surface area (Å²) in [6.07, 6.45) is -2.33. The Labute approximate surface area is 50.8 Å². The number of carbonyl (C=O) groups excluding carboxylic acids is 1. The molecule has 0 aliphatic carbocycles. The quantitative estimate of drug-likeness (QED) is 0.403. The van der Waals surface area contributed by atoms with E-state index in [4.69, 9.17) is 15.0 Å². The van der Waals surface area contributed by atoms with Gasteiger partial charge in [-0.05, 0) is 6.16 Å².